The fourth-order valence-corrected chi connectivity index (χ4v) is 2.68. The zero-order valence-electron chi connectivity index (χ0n) is 13.0. The monoisotopic (exact) mass is 423 g/mol. The molecule has 0 radical (unpaired) electrons. The maximum Gasteiger partial charge on any atom is 0.259 e. The molecule has 0 aliphatic heterocycles. The SMILES string of the molecule is COc1ccc(/C=N/NC(=O)CNc2cccc(C)c2)cc1I. The Hall–Kier alpha value is -2.09. The number of carbonyl (C=O) groups is 1. The molecule has 0 heterocycles. The van der Waals surface area contributed by atoms with Crippen molar-refractivity contribution in [2.24, 2.45) is 5.10 Å². The molecule has 0 aliphatic rings. The lowest BCUT2D eigenvalue weighted by molar-refractivity contribution is -0.119. The van der Waals surface area contributed by atoms with E-state index in [-0.39, 0.29) is 12.5 Å². The molecule has 0 atom stereocenters. The standard InChI is InChI=1S/C17H18IN3O2/c1-12-4-3-5-14(8-12)19-11-17(22)21-20-10-13-6-7-16(23-2)15(18)9-13/h3-10,19H,11H2,1-2H3,(H,21,22)/b20-10+. The Kier molecular flexibility index (Phi) is 6.40. The number of benzene rings is 2. The van der Waals surface area contributed by atoms with Gasteiger partial charge in [-0.15, -0.1) is 0 Å². The van der Waals surface area contributed by atoms with Crippen LogP contribution in [0.1, 0.15) is 11.1 Å². The molecular formula is C17H18IN3O2. The van der Waals surface area contributed by atoms with Gasteiger partial charge in [0.1, 0.15) is 5.75 Å². The summed E-state index contributed by atoms with van der Waals surface area (Å²) in [4.78, 5) is 11.8. The van der Waals surface area contributed by atoms with E-state index in [0.29, 0.717) is 0 Å². The van der Waals surface area contributed by atoms with Crippen molar-refractivity contribution < 1.29 is 9.53 Å². The summed E-state index contributed by atoms with van der Waals surface area (Å²) >= 11 is 2.19. The normalized spacial score (nSPS) is 10.6. The van der Waals surface area contributed by atoms with Crippen LogP contribution >= 0.6 is 22.6 Å². The Labute approximate surface area is 149 Å². The minimum absolute atomic E-state index is 0.168. The Morgan fingerprint density at radius 1 is 1.30 bits per heavy atom. The first-order valence-corrected chi connectivity index (χ1v) is 8.12. The minimum atomic E-state index is -0.203. The number of amides is 1. The summed E-state index contributed by atoms with van der Waals surface area (Å²) in [6, 6.07) is 13.5. The fraction of sp³-hybridized carbons (Fsp3) is 0.176. The number of hydrogen-bond donors (Lipinski definition) is 2. The van der Waals surface area contributed by atoms with Crippen LogP contribution < -0.4 is 15.5 Å². The second kappa shape index (κ2) is 8.52. The topological polar surface area (TPSA) is 62.7 Å². The van der Waals surface area contributed by atoms with Crippen LogP contribution in [0.3, 0.4) is 0 Å². The van der Waals surface area contributed by atoms with E-state index in [1.165, 1.54) is 0 Å². The number of nitrogens with zero attached hydrogens (tertiary/aromatic N) is 1. The second-order valence-electron chi connectivity index (χ2n) is 4.91. The number of ether oxygens (including phenoxy) is 1. The van der Waals surface area contributed by atoms with Crippen molar-refractivity contribution >= 4 is 40.4 Å². The highest BCUT2D eigenvalue weighted by Crippen LogP contribution is 2.20. The fourth-order valence-electron chi connectivity index (χ4n) is 1.92. The molecule has 0 aliphatic carbocycles. The first kappa shape index (κ1) is 17.3. The highest BCUT2D eigenvalue weighted by molar-refractivity contribution is 14.1. The van der Waals surface area contributed by atoms with Crippen molar-refractivity contribution in [3.05, 3.63) is 57.2 Å². The predicted molar refractivity (Wildman–Crippen MR) is 101 cm³/mol. The molecule has 0 spiro atoms. The molecule has 0 saturated carbocycles. The van der Waals surface area contributed by atoms with Crippen LogP contribution in [0.4, 0.5) is 5.69 Å². The van der Waals surface area contributed by atoms with E-state index in [9.17, 15) is 4.79 Å². The molecule has 0 saturated heterocycles. The van der Waals surface area contributed by atoms with Gasteiger partial charge < -0.3 is 10.1 Å². The van der Waals surface area contributed by atoms with E-state index in [1.54, 1.807) is 13.3 Å². The lowest BCUT2D eigenvalue weighted by Gasteiger charge is -2.06. The summed E-state index contributed by atoms with van der Waals surface area (Å²) in [5, 5.41) is 7.01. The highest BCUT2D eigenvalue weighted by Gasteiger charge is 2.01. The van der Waals surface area contributed by atoms with Crippen molar-refractivity contribution in [2.75, 3.05) is 19.0 Å². The number of aryl methyl sites for hydroxylation is 1. The molecule has 120 valence electrons. The van der Waals surface area contributed by atoms with Crippen LogP contribution in [-0.4, -0.2) is 25.8 Å². The predicted octanol–water partition coefficient (Wildman–Crippen LogP) is 3.17. The van der Waals surface area contributed by atoms with E-state index in [0.717, 1.165) is 26.1 Å². The molecule has 2 rings (SSSR count). The van der Waals surface area contributed by atoms with E-state index < -0.39 is 0 Å². The Balaban J connectivity index is 1.83. The zero-order chi connectivity index (χ0) is 16.7. The van der Waals surface area contributed by atoms with E-state index in [4.69, 9.17) is 4.74 Å². The van der Waals surface area contributed by atoms with Gasteiger partial charge in [-0.2, -0.15) is 5.10 Å². The summed E-state index contributed by atoms with van der Waals surface area (Å²) in [5.74, 6) is 0.611. The largest absolute Gasteiger partial charge is 0.496 e. The Morgan fingerprint density at radius 3 is 2.83 bits per heavy atom. The lowest BCUT2D eigenvalue weighted by Crippen LogP contribution is -2.25. The maximum atomic E-state index is 11.8. The van der Waals surface area contributed by atoms with Gasteiger partial charge in [0, 0.05) is 5.69 Å². The molecule has 23 heavy (non-hydrogen) atoms. The number of methoxy groups -OCH3 is 1. The molecule has 0 fully saturated rings. The maximum absolute atomic E-state index is 11.8. The van der Waals surface area contributed by atoms with Gasteiger partial charge in [0.25, 0.3) is 5.91 Å². The number of halogens is 1. The van der Waals surface area contributed by atoms with Crippen LogP contribution in [0.15, 0.2) is 47.6 Å². The van der Waals surface area contributed by atoms with Crippen molar-refractivity contribution in [3.63, 3.8) is 0 Å². The molecule has 1 amide bonds. The molecule has 6 heteroatoms. The molecule has 0 unspecified atom stereocenters. The van der Waals surface area contributed by atoms with Gasteiger partial charge in [0.05, 0.1) is 23.4 Å². The van der Waals surface area contributed by atoms with Gasteiger partial charge in [-0.05, 0) is 71.0 Å². The molecule has 2 N–H and O–H groups in total. The first-order valence-electron chi connectivity index (χ1n) is 7.04. The average Bonchev–Trinajstić information content (AvgIpc) is 2.53. The Bertz CT molecular complexity index is 717. The summed E-state index contributed by atoms with van der Waals surface area (Å²) in [6.45, 7) is 2.17. The third-order valence-electron chi connectivity index (χ3n) is 3.05. The van der Waals surface area contributed by atoms with E-state index in [1.807, 2.05) is 49.4 Å². The van der Waals surface area contributed by atoms with Gasteiger partial charge >= 0.3 is 0 Å². The minimum Gasteiger partial charge on any atom is -0.496 e. The van der Waals surface area contributed by atoms with Crippen molar-refractivity contribution in [3.8, 4) is 5.75 Å². The van der Waals surface area contributed by atoms with Crippen LogP contribution in [0.5, 0.6) is 5.75 Å². The number of hydrogen-bond acceptors (Lipinski definition) is 4. The second-order valence-corrected chi connectivity index (χ2v) is 6.07. The average molecular weight is 423 g/mol. The highest BCUT2D eigenvalue weighted by atomic mass is 127. The molecule has 2 aromatic carbocycles. The number of carbonyl (C=O) groups excluding carboxylic acids is 1. The first-order chi connectivity index (χ1) is 11.1. The lowest BCUT2D eigenvalue weighted by atomic mass is 10.2. The summed E-state index contributed by atoms with van der Waals surface area (Å²) in [5.41, 5.74) is 5.44. The van der Waals surface area contributed by atoms with E-state index in [2.05, 4.69) is 38.4 Å². The molecular weight excluding hydrogens is 405 g/mol. The molecule has 5 nitrogen and oxygen atoms in total. The van der Waals surface area contributed by atoms with Crippen LogP contribution in [-0.2, 0) is 4.79 Å². The molecule has 2 aromatic rings. The van der Waals surface area contributed by atoms with Crippen molar-refractivity contribution in [1.82, 2.24) is 5.43 Å². The number of rotatable bonds is 6. The molecule has 0 bridgehead atoms. The van der Waals surface area contributed by atoms with Crippen molar-refractivity contribution in [2.45, 2.75) is 6.92 Å². The zero-order valence-corrected chi connectivity index (χ0v) is 15.1. The van der Waals surface area contributed by atoms with Crippen LogP contribution in [0.25, 0.3) is 0 Å². The van der Waals surface area contributed by atoms with Gasteiger partial charge in [0.15, 0.2) is 0 Å². The number of anilines is 1. The van der Waals surface area contributed by atoms with Crippen LogP contribution in [0, 0.1) is 10.5 Å². The summed E-state index contributed by atoms with van der Waals surface area (Å²) < 4.78 is 6.18. The van der Waals surface area contributed by atoms with Gasteiger partial charge in [-0.25, -0.2) is 5.43 Å². The van der Waals surface area contributed by atoms with Crippen molar-refractivity contribution in [1.29, 1.82) is 0 Å². The third kappa shape index (κ3) is 5.55. The smallest absolute Gasteiger partial charge is 0.259 e. The number of nitrogens with one attached hydrogen (secondary N) is 2. The molecule has 0 aromatic heterocycles. The van der Waals surface area contributed by atoms with Crippen LogP contribution in [0.2, 0.25) is 0 Å². The van der Waals surface area contributed by atoms with Gasteiger partial charge in [0.2, 0.25) is 0 Å². The van der Waals surface area contributed by atoms with Gasteiger partial charge in [-0.1, -0.05) is 12.1 Å². The van der Waals surface area contributed by atoms with E-state index >= 15 is 0 Å². The summed E-state index contributed by atoms with van der Waals surface area (Å²) in [6.07, 6.45) is 1.60. The summed E-state index contributed by atoms with van der Waals surface area (Å²) in [7, 11) is 1.63. The Morgan fingerprint density at radius 2 is 2.13 bits per heavy atom. The quantitative estimate of drug-likeness (QED) is 0.426. The third-order valence-corrected chi connectivity index (χ3v) is 3.89. The number of hydrazone groups is 1. The van der Waals surface area contributed by atoms with Gasteiger partial charge in [-0.3, -0.25) is 4.79 Å².